The summed E-state index contributed by atoms with van der Waals surface area (Å²) in [6.45, 7) is -0.819. The van der Waals surface area contributed by atoms with Crippen LogP contribution in [0.3, 0.4) is 0 Å². The fraction of sp³-hybridized carbons (Fsp3) is 0.583. The molecular formula is C12H16O11. The lowest BCUT2D eigenvalue weighted by molar-refractivity contribution is -0.174. The average Bonchev–Trinajstić information content (AvgIpc) is 2.45. The Labute approximate surface area is 129 Å². The quantitative estimate of drug-likeness (QED) is 0.245. The van der Waals surface area contributed by atoms with Gasteiger partial charge < -0.3 is 29.5 Å². The molecule has 11 heteroatoms. The van der Waals surface area contributed by atoms with E-state index in [2.05, 4.69) is 14.2 Å². The van der Waals surface area contributed by atoms with Gasteiger partial charge in [-0.2, -0.15) is 0 Å². The van der Waals surface area contributed by atoms with Crippen molar-refractivity contribution in [2.45, 2.75) is 18.4 Å². The predicted octanol–water partition coefficient (Wildman–Crippen LogP) is -1.83. The van der Waals surface area contributed by atoms with E-state index >= 15 is 0 Å². The van der Waals surface area contributed by atoms with Crippen LogP contribution in [0, 0.1) is 5.92 Å². The van der Waals surface area contributed by atoms with Crippen LogP contribution < -0.4 is 0 Å². The first-order valence-electron chi connectivity index (χ1n) is 6.06. The molecule has 1 atom stereocenters. The standard InChI is InChI=1S/C12H16O11/c1-21-9(16)6(10(17)22-2)5-23-8(15)4-12(20,11(18)19)3-7(13)14/h6,20H,3-5H2,1-2H3,(H,13,14)(H,18,19). The molecule has 130 valence electrons. The van der Waals surface area contributed by atoms with Gasteiger partial charge in [0.2, 0.25) is 0 Å². The number of carboxylic acids is 2. The van der Waals surface area contributed by atoms with Crippen molar-refractivity contribution in [1.82, 2.24) is 0 Å². The Balaban J connectivity index is 4.85. The third-order valence-electron chi connectivity index (χ3n) is 2.66. The van der Waals surface area contributed by atoms with E-state index < -0.39 is 60.8 Å². The summed E-state index contributed by atoms with van der Waals surface area (Å²) < 4.78 is 13.1. The Hall–Kier alpha value is -2.69. The fourth-order valence-electron chi connectivity index (χ4n) is 1.45. The van der Waals surface area contributed by atoms with Gasteiger partial charge in [-0.25, -0.2) is 4.79 Å². The summed E-state index contributed by atoms with van der Waals surface area (Å²) >= 11 is 0. The van der Waals surface area contributed by atoms with Crippen LogP contribution in [0.1, 0.15) is 12.8 Å². The number of carboxylic acid groups (broad SMARTS) is 2. The summed E-state index contributed by atoms with van der Waals surface area (Å²) in [5.74, 6) is -8.60. The minimum atomic E-state index is -2.88. The van der Waals surface area contributed by atoms with Gasteiger partial charge in [0.25, 0.3) is 0 Å². The van der Waals surface area contributed by atoms with Crippen molar-refractivity contribution in [3.63, 3.8) is 0 Å². The van der Waals surface area contributed by atoms with Gasteiger partial charge in [0.15, 0.2) is 11.5 Å². The van der Waals surface area contributed by atoms with Crippen LogP contribution in [0.25, 0.3) is 0 Å². The highest BCUT2D eigenvalue weighted by Gasteiger charge is 2.42. The highest BCUT2D eigenvalue weighted by Crippen LogP contribution is 2.17. The summed E-state index contributed by atoms with van der Waals surface area (Å²) in [7, 11) is 1.96. The number of ether oxygens (including phenoxy) is 3. The van der Waals surface area contributed by atoms with Crippen molar-refractivity contribution in [3.8, 4) is 0 Å². The zero-order valence-electron chi connectivity index (χ0n) is 12.3. The molecule has 0 aromatic heterocycles. The Morgan fingerprint density at radius 1 is 0.957 bits per heavy atom. The minimum absolute atomic E-state index is 0.819. The molecule has 0 spiro atoms. The maximum absolute atomic E-state index is 11.5. The van der Waals surface area contributed by atoms with Gasteiger partial charge in [-0.15, -0.1) is 0 Å². The van der Waals surface area contributed by atoms with Crippen LogP contribution in [0.15, 0.2) is 0 Å². The molecule has 0 amide bonds. The molecule has 0 bridgehead atoms. The van der Waals surface area contributed by atoms with E-state index in [4.69, 9.17) is 10.2 Å². The number of esters is 3. The van der Waals surface area contributed by atoms with Crippen molar-refractivity contribution in [2.75, 3.05) is 20.8 Å². The molecule has 0 rings (SSSR count). The average molecular weight is 336 g/mol. The fourth-order valence-corrected chi connectivity index (χ4v) is 1.45. The summed E-state index contributed by atoms with van der Waals surface area (Å²) in [5, 5.41) is 27.0. The number of aliphatic carboxylic acids is 2. The predicted molar refractivity (Wildman–Crippen MR) is 67.9 cm³/mol. The van der Waals surface area contributed by atoms with E-state index in [1.165, 1.54) is 0 Å². The molecule has 0 saturated heterocycles. The largest absolute Gasteiger partial charge is 0.481 e. The lowest BCUT2D eigenvalue weighted by atomic mass is 9.96. The smallest absolute Gasteiger partial charge is 0.336 e. The van der Waals surface area contributed by atoms with Gasteiger partial charge in [0, 0.05) is 0 Å². The maximum Gasteiger partial charge on any atom is 0.336 e. The Kier molecular flexibility index (Phi) is 7.66. The second-order valence-electron chi connectivity index (χ2n) is 4.37. The topological polar surface area (TPSA) is 174 Å². The number of carbonyl (C=O) groups is 5. The first kappa shape index (κ1) is 20.3. The Bertz CT molecular complexity index is 481. The number of hydrogen-bond acceptors (Lipinski definition) is 9. The summed E-state index contributed by atoms with van der Waals surface area (Å²) in [4.78, 5) is 55.6. The zero-order valence-corrected chi connectivity index (χ0v) is 12.3. The summed E-state index contributed by atoms with van der Waals surface area (Å²) in [6, 6.07) is 0. The van der Waals surface area contributed by atoms with E-state index in [0.29, 0.717) is 0 Å². The van der Waals surface area contributed by atoms with E-state index in [-0.39, 0.29) is 0 Å². The van der Waals surface area contributed by atoms with Crippen LogP contribution >= 0.6 is 0 Å². The summed E-state index contributed by atoms with van der Waals surface area (Å²) in [6.07, 6.45) is -2.43. The molecule has 3 N–H and O–H groups in total. The van der Waals surface area contributed by atoms with Gasteiger partial charge >= 0.3 is 29.8 Å². The molecular weight excluding hydrogens is 320 g/mol. The number of methoxy groups -OCH3 is 2. The molecule has 0 aromatic carbocycles. The number of rotatable bonds is 9. The highest BCUT2D eigenvalue weighted by atomic mass is 16.6. The van der Waals surface area contributed by atoms with E-state index in [1.54, 1.807) is 0 Å². The maximum atomic E-state index is 11.5. The third-order valence-corrected chi connectivity index (χ3v) is 2.66. The third kappa shape index (κ3) is 6.30. The number of carbonyl (C=O) groups excluding carboxylic acids is 3. The van der Waals surface area contributed by atoms with Gasteiger partial charge in [0.1, 0.15) is 6.61 Å². The van der Waals surface area contributed by atoms with Crippen molar-refractivity contribution < 1.29 is 53.5 Å². The molecule has 0 radical (unpaired) electrons. The van der Waals surface area contributed by atoms with Crippen molar-refractivity contribution >= 4 is 29.8 Å². The molecule has 0 aliphatic heterocycles. The van der Waals surface area contributed by atoms with E-state index in [0.717, 1.165) is 14.2 Å². The molecule has 0 aromatic rings. The normalized spacial score (nSPS) is 12.9. The van der Waals surface area contributed by atoms with Crippen molar-refractivity contribution in [2.24, 2.45) is 5.92 Å². The van der Waals surface area contributed by atoms with Crippen molar-refractivity contribution in [3.05, 3.63) is 0 Å². The molecule has 23 heavy (non-hydrogen) atoms. The molecule has 1 unspecified atom stereocenters. The minimum Gasteiger partial charge on any atom is -0.481 e. The SMILES string of the molecule is COC(=O)C(COC(=O)CC(O)(CC(=O)O)C(=O)O)C(=O)OC. The molecule has 11 nitrogen and oxygen atoms in total. The second-order valence-corrected chi connectivity index (χ2v) is 4.37. The molecule has 0 aliphatic rings. The van der Waals surface area contributed by atoms with Gasteiger partial charge in [-0.3, -0.25) is 19.2 Å². The van der Waals surface area contributed by atoms with Crippen LogP contribution in [0.2, 0.25) is 0 Å². The van der Waals surface area contributed by atoms with Gasteiger partial charge in [-0.1, -0.05) is 0 Å². The first-order valence-corrected chi connectivity index (χ1v) is 6.06. The number of aliphatic hydroxyl groups is 1. The monoisotopic (exact) mass is 336 g/mol. The van der Waals surface area contributed by atoms with E-state index in [9.17, 15) is 29.1 Å². The molecule has 0 fully saturated rings. The highest BCUT2D eigenvalue weighted by molar-refractivity contribution is 5.95. The van der Waals surface area contributed by atoms with Crippen LogP contribution in [-0.4, -0.2) is 71.6 Å². The zero-order chi connectivity index (χ0) is 18.2. The van der Waals surface area contributed by atoms with Crippen LogP contribution in [-0.2, 0) is 38.2 Å². The lowest BCUT2D eigenvalue weighted by Gasteiger charge is -2.20. The first-order chi connectivity index (χ1) is 10.6. The van der Waals surface area contributed by atoms with Crippen molar-refractivity contribution in [1.29, 1.82) is 0 Å². The van der Waals surface area contributed by atoms with Gasteiger partial charge in [-0.05, 0) is 0 Å². The Morgan fingerprint density at radius 2 is 1.43 bits per heavy atom. The van der Waals surface area contributed by atoms with Crippen LogP contribution in [0.4, 0.5) is 0 Å². The lowest BCUT2D eigenvalue weighted by Crippen LogP contribution is -2.43. The van der Waals surface area contributed by atoms with Crippen LogP contribution in [0.5, 0.6) is 0 Å². The summed E-state index contributed by atoms with van der Waals surface area (Å²) in [5.41, 5.74) is -2.88. The second kappa shape index (κ2) is 8.68. The number of hydrogen-bond donors (Lipinski definition) is 3. The Morgan fingerprint density at radius 3 is 1.78 bits per heavy atom. The molecule has 0 heterocycles. The van der Waals surface area contributed by atoms with E-state index in [1.807, 2.05) is 0 Å². The molecule has 0 aliphatic carbocycles. The van der Waals surface area contributed by atoms with Gasteiger partial charge in [0.05, 0.1) is 27.1 Å². The molecule has 0 saturated carbocycles.